The minimum Gasteiger partial charge on any atom is -0.341 e. The first-order valence-corrected chi connectivity index (χ1v) is 11.1. The van der Waals surface area contributed by atoms with E-state index in [2.05, 4.69) is 20.1 Å². The van der Waals surface area contributed by atoms with Crippen molar-refractivity contribution >= 4 is 23.2 Å². The molecule has 0 bridgehead atoms. The van der Waals surface area contributed by atoms with Crippen LogP contribution < -0.4 is 4.90 Å². The highest BCUT2D eigenvalue weighted by atomic mass is 32.1. The number of thiazole rings is 1. The standard InChI is InChI=1S/C21H26FN7OS/c1-13-9-24-28(4)19(13)18-16(22)10-23-21(26-18)29-7-5-15(6-8-29)20(30)27(3)11-17-25-14(2)12-31-17/h9-10,12,15H,5-8,11H2,1-4H3. The lowest BCUT2D eigenvalue weighted by atomic mass is 9.95. The Morgan fingerprint density at radius 1 is 1.26 bits per heavy atom. The second-order valence-corrected chi connectivity index (χ2v) is 8.95. The van der Waals surface area contributed by atoms with Gasteiger partial charge >= 0.3 is 0 Å². The van der Waals surface area contributed by atoms with Crippen molar-refractivity contribution in [2.24, 2.45) is 13.0 Å². The summed E-state index contributed by atoms with van der Waals surface area (Å²) in [6.07, 6.45) is 4.32. The summed E-state index contributed by atoms with van der Waals surface area (Å²) in [6.45, 7) is 5.67. The van der Waals surface area contributed by atoms with Gasteiger partial charge in [0.25, 0.3) is 0 Å². The van der Waals surface area contributed by atoms with Crippen LogP contribution in [0.3, 0.4) is 0 Å². The molecule has 1 aliphatic heterocycles. The second-order valence-electron chi connectivity index (χ2n) is 8.00. The van der Waals surface area contributed by atoms with Crippen LogP contribution in [-0.2, 0) is 18.4 Å². The summed E-state index contributed by atoms with van der Waals surface area (Å²) in [4.78, 5) is 29.8. The highest BCUT2D eigenvalue weighted by molar-refractivity contribution is 7.09. The van der Waals surface area contributed by atoms with Crippen LogP contribution in [0, 0.1) is 25.6 Å². The summed E-state index contributed by atoms with van der Waals surface area (Å²) in [5, 5.41) is 7.13. The van der Waals surface area contributed by atoms with Crippen LogP contribution >= 0.6 is 11.3 Å². The first-order chi connectivity index (χ1) is 14.8. The van der Waals surface area contributed by atoms with E-state index in [9.17, 15) is 9.18 Å². The zero-order valence-electron chi connectivity index (χ0n) is 18.2. The van der Waals surface area contributed by atoms with E-state index >= 15 is 0 Å². The third kappa shape index (κ3) is 4.43. The van der Waals surface area contributed by atoms with Crippen molar-refractivity contribution < 1.29 is 9.18 Å². The molecule has 164 valence electrons. The number of amides is 1. The molecular formula is C21H26FN7OS. The SMILES string of the molecule is Cc1csc(CN(C)C(=O)C2CCN(c3ncc(F)c(-c4c(C)cnn4C)n3)CC2)n1. The van der Waals surface area contributed by atoms with E-state index in [1.807, 2.05) is 31.2 Å². The first kappa shape index (κ1) is 21.4. The second kappa shape index (κ2) is 8.70. The molecule has 10 heteroatoms. The van der Waals surface area contributed by atoms with Gasteiger partial charge in [-0.1, -0.05) is 0 Å². The molecule has 0 aromatic carbocycles. The highest BCUT2D eigenvalue weighted by Gasteiger charge is 2.29. The van der Waals surface area contributed by atoms with Crippen molar-refractivity contribution in [2.75, 3.05) is 25.0 Å². The molecule has 1 fully saturated rings. The summed E-state index contributed by atoms with van der Waals surface area (Å²) in [7, 11) is 3.60. The van der Waals surface area contributed by atoms with Crippen molar-refractivity contribution in [3.8, 4) is 11.4 Å². The molecule has 3 aromatic heterocycles. The van der Waals surface area contributed by atoms with E-state index in [1.54, 1.807) is 34.2 Å². The highest BCUT2D eigenvalue weighted by Crippen LogP contribution is 2.27. The molecule has 31 heavy (non-hydrogen) atoms. The maximum absolute atomic E-state index is 14.5. The number of hydrogen-bond donors (Lipinski definition) is 0. The zero-order chi connectivity index (χ0) is 22.1. The van der Waals surface area contributed by atoms with E-state index in [0.29, 0.717) is 44.1 Å². The Morgan fingerprint density at radius 2 is 2.00 bits per heavy atom. The molecule has 0 unspecified atom stereocenters. The number of carbonyl (C=O) groups excluding carboxylic acids is 1. The Hall–Kier alpha value is -2.88. The predicted molar refractivity (Wildman–Crippen MR) is 117 cm³/mol. The van der Waals surface area contributed by atoms with Gasteiger partial charge in [0.2, 0.25) is 11.9 Å². The molecular weight excluding hydrogens is 417 g/mol. The summed E-state index contributed by atoms with van der Waals surface area (Å²) in [6, 6.07) is 0. The summed E-state index contributed by atoms with van der Waals surface area (Å²) in [5.41, 5.74) is 2.73. The Balaban J connectivity index is 1.42. The summed E-state index contributed by atoms with van der Waals surface area (Å²) >= 11 is 1.58. The van der Waals surface area contributed by atoms with Crippen LogP contribution in [-0.4, -0.2) is 55.7 Å². The van der Waals surface area contributed by atoms with Crippen molar-refractivity contribution in [2.45, 2.75) is 33.2 Å². The number of nitrogens with zero attached hydrogens (tertiary/aromatic N) is 7. The van der Waals surface area contributed by atoms with Gasteiger partial charge in [0.15, 0.2) is 5.82 Å². The van der Waals surface area contributed by atoms with Crippen LogP contribution in [0.15, 0.2) is 17.8 Å². The van der Waals surface area contributed by atoms with Crippen molar-refractivity contribution in [3.63, 3.8) is 0 Å². The maximum atomic E-state index is 14.5. The van der Waals surface area contributed by atoms with Gasteiger partial charge in [0.05, 0.1) is 24.6 Å². The molecule has 0 spiro atoms. The van der Waals surface area contributed by atoms with Crippen LogP contribution in [0.2, 0.25) is 0 Å². The lowest BCUT2D eigenvalue weighted by Crippen LogP contribution is -2.41. The monoisotopic (exact) mass is 443 g/mol. The maximum Gasteiger partial charge on any atom is 0.226 e. The van der Waals surface area contributed by atoms with Crippen LogP contribution in [0.1, 0.15) is 29.1 Å². The number of anilines is 1. The number of rotatable bonds is 5. The third-order valence-corrected chi connectivity index (χ3v) is 6.57. The fourth-order valence-electron chi connectivity index (χ4n) is 3.96. The van der Waals surface area contributed by atoms with Crippen molar-refractivity contribution in [1.82, 2.24) is 29.6 Å². The molecule has 0 saturated carbocycles. The van der Waals surface area contributed by atoms with Crippen molar-refractivity contribution in [1.29, 1.82) is 0 Å². The van der Waals surface area contributed by atoms with E-state index in [-0.39, 0.29) is 17.5 Å². The molecule has 0 aliphatic carbocycles. The van der Waals surface area contributed by atoms with Gasteiger partial charge in [-0.3, -0.25) is 9.48 Å². The normalized spacial score (nSPS) is 14.8. The van der Waals surface area contributed by atoms with Gasteiger partial charge in [-0.15, -0.1) is 11.3 Å². The fourth-order valence-corrected chi connectivity index (χ4v) is 4.78. The van der Waals surface area contributed by atoms with E-state index in [4.69, 9.17) is 0 Å². The average molecular weight is 444 g/mol. The fraction of sp³-hybridized carbons (Fsp3) is 0.476. The lowest BCUT2D eigenvalue weighted by Gasteiger charge is -2.33. The molecule has 0 radical (unpaired) electrons. The molecule has 0 atom stereocenters. The molecule has 3 aromatic rings. The van der Waals surface area contributed by atoms with Gasteiger partial charge < -0.3 is 9.80 Å². The first-order valence-electron chi connectivity index (χ1n) is 10.3. The number of aromatic nitrogens is 5. The molecule has 4 heterocycles. The lowest BCUT2D eigenvalue weighted by molar-refractivity contribution is -0.135. The summed E-state index contributed by atoms with van der Waals surface area (Å²) < 4.78 is 16.1. The Bertz CT molecular complexity index is 1070. The van der Waals surface area contributed by atoms with E-state index in [0.717, 1.165) is 16.3 Å². The van der Waals surface area contributed by atoms with Crippen LogP contribution in [0.25, 0.3) is 11.4 Å². The quantitative estimate of drug-likeness (QED) is 0.603. The minimum absolute atomic E-state index is 0.0402. The van der Waals surface area contributed by atoms with E-state index < -0.39 is 5.82 Å². The molecule has 8 nitrogen and oxygen atoms in total. The van der Waals surface area contributed by atoms with Crippen molar-refractivity contribution in [3.05, 3.63) is 39.9 Å². The zero-order valence-corrected chi connectivity index (χ0v) is 19.0. The van der Waals surface area contributed by atoms with Gasteiger partial charge in [0, 0.05) is 44.2 Å². The molecule has 0 N–H and O–H groups in total. The molecule has 1 aliphatic rings. The molecule has 1 saturated heterocycles. The number of halogens is 1. The van der Waals surface area contributed by atoms with Gasteiger partial charge in [-0.05, 0) is 32.3 Å². The predicted octanol–water partition coefficient (Wildman–Crippen LogP) is 2.96. The Morgan fingerprint density at radius 3 is 2.61 bits per heavy atom. The van der Waals surface area contributed by atoms with Crippen LogP contribution in [0.4, 0.5) is 10.3 Å². The van der Waals surface area contributed by atoms with E-state index in [1.165, 1.54) is 6.20 Å². The smallest absolute Gasteiger partial charge is 0.226 e. The Labute approximate surface area is 184 Å². The van der Waals surface area contributed by atoms with Gasteiger partial charge in [-0.2, -0.15) is 5.10 Å². The topological polar surface area (TPSA) is 80.0 Å². The summed E-state index contributed by atoms with van der Waals surface area (Å²) in [5.74, 6) is 0.106. The minimum atomic E-state index is -0.473. The number of hydrogen-bond acceptors (Lipinski definition) is 7. The number of aryl methyl sites for hydroxylation is 3. The van der Waals surface area contributed by atoms with Gasteiger partial charge in [-0.25, -0.2) is 19.3 Å². The molecule has 1 amide bonds. The average Bonchev–Trinajstić information content (AvgIpc) is 3.32. The van der Waals surface area contributed by atoms with Crippen LogP contribution in [0.5, 0.6) is 0 Å². The number of carbonyl (C=O) groups is 1. The van der Waals surface area contributed by atoms with Gasteiger partial charge in [0.1, 0.15) is 10.7 Å². The largest absolute Gasteiger partial charge is 0.341 e. The number of piperidine rings is 1. The molecule has 4 rings (SSSR count). The Kier molecular flexibility index (Phi) is 5.99. The third-order valence-electron chi connectivity index (χ3n) is 5.62.